The van der Waals surface area contributed by atoms with Crippen molar-refractivity contribution in [1.82, 2.24) is 19.9 Å². The number of aryl methyl sites for hydroxylation is 2. The van der Waals surface area contributed by atoms with E-state index in [2.05, 4.69) is 30.9 Å². The van der Waals surface area contributed by atoms with Gasteiger partial charge in [-0.05, 0) is 89.5 Å². The molecule has 0 atom stereocenters. The minimum Gasteiger partial charge on any atom is -0.460 e. The number of benzene rings is 1. The summed E-state index contributed by atoms with van der Waals surface area (Å²) >= 11 is 0. The first-order valence-corrected chi connectivity index (χ1v) is 14.8. The standard InChI is InChI=1S/C28H38N4O5S/c1-8-32-22-17-28(6,7)14-13-21(22)24(30-32)26-29-25(31-37-26)20-12-11-19(16-18(20)2)38(34,35)15-9-10-23(33)36-27(3,4)5/h11-12,16H,8-10,13-15,17H2,1-7H3. The zero-order chi connectivity index (χ0) is 27.9. The zero-order valence-electron chi connectivity index (χ0n) is 23.4. The van der Waals surface area contributed by atoms with Gasteiger partial charge in [-0.2, -0.15) is 10.1 Å². The van der Waals surface area contributed by atoms with Gasteiger partial charge in [0.1, 0.15) is 5.60 Å². The van der Waals surface area contributed by atoms with Crippen molar-refractivity contribution in [3.05, 3.63) is 35.0 Å². The average Bonchev–Trinajstić information content (AvgIpc) is 3.41. The Hall–Kier alpha value is -3.01. The Bertz CT molecular complexity index is 1440. The van der Waals surface area contributed by atoms with Crippen LogP contribution in [-0.4, -0.2) is 45.7 Å². The Kier molecular flexibility index (Phi) is 7.58. The van der Waals surface area contributed by atoms with E-state index in [4.69, 9.17) is 14.4 Å². The Morgan fingerprint density at radius 3 is 2.63 bits per heavy atom. The second-order valence-corrected chi connectivity index (χ2v) is 13.9. The molecule has 1 aliphatic rings. The largest absolute Gasteiger partial charge is 0.460 e. The molecule has 3 aromatic rings. The Labute approximate surface area is 224 Å². The number of carbonyl (C=O) groups excluding carboxylic acids is 1. The van der Waals surface area contributed by atoms with Gasteiger partial charge in [0.25, 0.3) is 5.89 Å². The molecule has 4 rings (SSSR count). The van der Waals surface area contributed by atoms with Crippen LogP contribution in [0.5, 0.6) is 0 Å². The molecule has 0 fully saturated rings. The minimum atomic E-state index is -3.56. The van der Waals surface area contributed by atoms with Crippen molar-refractivity contribution < 1.29 is 22.5 Å². The van der Waals surface area contributed by atoms with Gasteiger partial charge < -0.3 is 9.26 Å². The first kappa shape index (κ1) is 28.0. The average molecular weight is 543 g/mol. The second-order valence-electron chi connectivity index (χ2n) is 11.8. The Morgan fingerprint density at radius 1 is 1.24 bits per heavy atom. The number of ether oxygens (including phenoxy) is 1. The molecule has 38 heavy (non-hydrogen) atoms. The van der Waals surface area contributed by atoms with E-state index in [1.165, 1.54) is 11.3 Å². The van der Waals surface area contributed by atoms with E-state index in [0.29, 0.717) is 22.8 Å². The monoisotopic (exact) mass is 542 g/mol. The molecule has 0 aliphatic heterocycles. The van der Waals surface area contributed by atoms with Crippen LogP contribution in [-0.2, 0) is 38.8 Å². The smallest absolute Gasteiger partial charge is 0.306 e. The van der Waals surface area contributed by atoms with Crippen molar-refractivity contribution in [2.24, 2.45) is 5.41 Å². The number of hydrogen-bond donors (Lipinski definition) is 0. The second kappa shape index (κ2) is 10.3. The van der Waals surface area contributed by atoms with E-state index < -0.39 is 21.4 Å². The van der Waals surface area contributed by atoms with Crippen molar-refractivity contribution >= 4 is 15.8 Å². The molecular weight excluding hydrogens is 504 g/mol. The van der Waals surface area contributed by atoms with Gasteiger partial charge >= 0.3 is 5.97 Å². The van der Waals surface area contributed by atoms with Crippen LogP contribution < -0.4 is 0 Å². The summed E-state index contributed by atoms with van der Waals surface area (Å²) in [5, 5.41) is 8.98. The maximum atomic E-state index is 12.9. The highest BCUT2D eigenvalue weighted by Crippen LogP contribution is 2.39. The maximum Gasteiger partial charge on any atom is 0.306 e. The minimum absolute atomic E-state index is 0.0498. The summed E-state index contributed by atoms with van der Waals surface area (Å²) in [5.41, 5.74) is 4.18. The molecule has 0 bridgehead atoms. The molecule has 10 heteroatoms. The van der Waals surface area contributed by atoms with Crippen LogP contribution in [0, 0.1) is 12.3 Å². The van der Waals surface area contributed by atoms with Crippen LogP contribution in [0.15, 0.2) is 27.6 Å². The molecule has 0 saturated carbocycles. The van der Waals surface area contributed by atoms with Gasteiger partial charge in [-0.15, -0.1) is 0 Å². The van der Waals surface area contributed by atoms with Crippen LogP contribution in [0.1, 0.15) is 77.6 Å². The molecule has 0 N–H and O–H groups in total. The lowest BCUT2D eigenvalue weighted by atomic mass is 9.76. The van der Waals surface area contributed by atoms with Crippen molar-refractivity contribution in [2.45, 2.75) is 97.6 Å². The van der Waals surface area contributed by atoms with E-state index in [1.807, 2.05) is 11.6 Å². The number of esters is 1. The molecule has 1 aliphatic carbocycles. The number of fused-ring (bicyclic) bond motifs is 1. The summed E-state index contributed by atoms with van der Waals surface area (Å²) in [6, 6.07) is 4.87. The van der Waals surface area contributed by atoms with E-state index >= 15 is 0 Å². The third-order valence-electron chi connectivity index (χ3n) is 6.80. The number of hydrogen-bond acceptors (Lipinski definition) is 8. The van der Waals surface area contributed by atoms with Crippen molar-refractivity contribution in [2.75, 3.05) is 5.75 Å². The van der Waals surface area contributed by atoms with Crippen molar-refractivity contribution in [3.8, 4) is 23.0 Å². The van der Waals surface area contributed by atoms with Crippen LogP contribution >= 0.6 is 0 Å². The zero-order valence-corrected chi connectivity index (χ0v) is 24.2. The molecule has 0 saturated heterocycles. The lowest BCUT2D eigenvalue weighted by molar-refractivity contribution is -0.154. The molecule has 9 nitrogen and oxygen atoms in total. The molecule has 0 radical (unpaired) electrons. The number of sulfone groups is 1. The predicted molar refractivity (Wildman–Crippen MR) is 144 cm³/mol. The van der Waals surface area contributed by atoms with Gasteiger partial charge in [0, 0.05) is 29.8 Å². The predicted octanol–water partition coefficient (Wildman–Crippen LogP) is 5.34. The Morgan fingerprint density at radius 2 is 1.97 bits per heavy atom. The molecule has 2 heterocycles. The molecule has 0 amide bonds. The summed E-state index contributed by atoms with van der Waals surface area (Å²) in [6.07, 6.45) is 3.18. The molecular formula is C28H38N4O5S. The Balaban J connectivity index is 1.51. The summed E-state index contributed by atoms with van der Waals surface area (Å²) in [5.74, 6) is 0.226. The fourth-order valence-corrected chi connectivity index (χ4v) is 6.25. The lowest BCUT2D eigenvalue weighted by Gasteiger charge is -2.30. The number of carbonyl (C=O) groups is 1. The van der Waals surface area contributed by atoms with E-state index in [0.717, 1.165) is 31.5 Å². The third-order valence-corrected chi connectivity index (χ3v) is 8.60. The molecule has 2 aromatic heterocycles. The summed E-state index contributed by atoms with van der Waals surface area (Å²) in [6.45, 7) is 14.6. The third kappa shape index (κ3) is 6.17. The number of rotatable bonds is 8. The van der Waals surface area contributed by atoms with Gasteiger partial charge in [0.05, 0.1) is 10.6 Å². The summed E-state index contributed by atoms with van der Waals surface area (Å²) in [7, 11) is -3.56. The normalized spacial score (nSPS) is 15.3. The van der Waals surface area contributed by atoms with Crippen LogP contribution in [0.25, 0.3) is 23.0 Å². The first-order valence-electron chi connectivity index (χ1n) is 13.2. The first-order chi connectivity index (χ1) is 17.7. The van der Waals surface area contributed by atoms with Gasteiger partial charge in [0.2, 0.25) is 5.82 Å². The van der Waals surface area contributed by atoms with Gasteiger partial charge in [-0.3, -0.25) is 9.48 Å². The fraction of sp³-hybridized carbons (Fsp3) is 0.571. The van der Waals surface area contributed by atoms with Gasteiger partial charge in [-0.1, -0.05) is 19.0 Å². The van der Waals surface area contributed by atoms with Crippen molar-refractivity contribution in [3.63, 3.8) is 0 Å². The SMILES string of the molecule is CCn1nc(-c2nc(-c3ccc(S(=O)(=O)CCCC(=O)OC(C)(C)C)cc3C)no2)c2c1CC(C)(C)CC2. The summed E-state index contributed by atoms with van der Waals surface area (Å²) < 4.78 is 38.7. The fourth-order valence-electron chi connectivity index (χ4n) is 4.86. The van der Waals surface area contributed by atoms with Crippen LogP contribution in [0.3, 0.4) is 0 Å². The highest BCUT2D eigenvalue weighted by atomic mass is 32.2. The molecule has 1 aromatic carbocycles. The summed E-state index contributed by atoms with van der Waals surface area (Å²) in [4.78, 5) is 16.8. The number of nitrogens with zero attached hydrogens (tertiary/aromatic N) is 4. The van der Waals surface area contributed by atoms with Crippen LogP contribution in [0.2, 0.25) is 0 Å². The quantitative estimate of drug-likeness (QED) is 0.350. The van der Waals surface area contributed by atoms with Crippen LogP contribution in [0.4, 0.5) is 0 Å². The van der Waals surface area contributed by atoms with E-state index in [9.17, 15) is 13.2 Å². The van der Waals surface area contributed by atoms with Gasteiger partial charge in [0.15, 0.2) is 15.5 Å². The van der Waals surface area contributed by atoms with Gasteiger partial charge in [-0.25, -0.2) is 8.42 Å². The topological polar surface area (TPSA) is 117 Å². The van der Waals surface area contributed by atoms with E-state index in [1.54, 1.807) is 39.0 Å². The highest BCUT2D eigenvalue weighted by Gasteiger charge is 2.32. The molecule has 206 valence electrons. The lowest BCUT2D eigenvalue weighted by Crippen LogP contribution is -2.24. The maximum absolute atomic E-state index is 12.9. The molecule has 0 spiro atoms. The number of aromatic nitrogens is 4. The van der Waals surface area contributed by atoms with Crippen molar-refractivity contribution in [1.29, 1.82) is 0 Å². The highest BCUT2D eigenvalue weighted by molar-refractivity contribution is 7.91. The molecule has 0 unspecified atom stereocenters. The van der Waals surface area contributed by atoms with E-state index in [-0.39, 0.29) is 28.9 Å².